The summed E-state index contributed by atoms with van der Waals surface area (Å²) in [6, 6.07) is 0. The standard InChI is InChI=1S/C7H7F5O4/c1-15-5(14)4(2-13)16-3-6(8,9)7(10,11)12/h2,4H,3H2,1H3. The van der Waals surface area contributed by atoms with Crippen LogP contribution in [-0.2, 0) is 19.1 Å². The van der Waals surface area contributed by atoms with Crippen LogP contribution in [0, 0.1) is 0 Å². The Morgan fingerprint density at radius 3 is 2.12 bits per heavy atom. The average Bonchev–Trinajstić information content (AvgIpc) is 2.16. The van der Waals surface area contributed by atoms with E-state index in [1.165, 1.54) is 0 Å². The lowest BCUT2D eigenvalue weighted by Crippen LogP contribution is -2.43. The molecule has 0 spiro atoms. The third kappa shape index (κ3) is 3.72. The number of ether oxygens (including phenoxy) is 2. The zero-order valence-electron chi connectivity index (χ0n) is 7.88. The van der Waals surface area contributed by atoms with Gasteiger partial charge in [-0.1, -0.05) is 0 Å². The molecule has 0 aromatic heterocycles. The minimum Gasteiger partial charge on any atom is -0.467 e. The van der Waals surface area contributed by atoms with Gasteiger partial charge in [0.15, 0.2) is 6.29 Å². The van der Waals surface area contributed by atoms with Crippen molar-refractivity contribution >= 4 is 12.3 Å². The summed E-state index contributed by atoms with van der Waals surface area (Å²) < 4.78 is 67.2. The van der Waals surface area contributed by atoms with Crippen molar-refractivity contribution in [2.45, 2.75) is 18.2 Å². The van der Waals surface area contributed by atoms with Crippen molar-refractivity contribution in [2.24, 2.45) is 0 Å². The molecule has 0 aromatic rings. The Bertz CT molecular complexity index is 262. The molecule has 0 fully saturated rings. The fourth-order valence-corrected chi connectivity index (χ4v) is 0.555. The zero-order valence-corrected chi connectivity index (χ0v) is 7.88. The molecule has 0 aliphatic rings. The van der Waals surface area contributed by atoms with Gasteiger partial charge in [0, 0.05) is 0 Å². The van der Waals surface area contributed by atoms with Crippen LogP contribution < -0.4 is 0 Å². The zero-order chi connectivity index (χ0) is 13.0. The largest absolute Gasteiger partial charge is 0.467 e. The van der Waals surface area contributed by atoms with E-state index in [0.717, 1.165) is 7.11 Å². The highest BCUT2D eigenvalue weighted by Crippen LogP contribution is 2.35. The summed E-state index contributed by atoms with van der Waals surface area (Å²) in [6.07, 6.45) is -8.15. The van der Waals surface area contributed by atoms with Crippen LogP contribution in [-0.4, -0.2) is 44.2 Å². The Labute approximate surface area is 86.3 Å². The highest BCUT2D eigenvalue weighted by Gasteiger charge is 2.58. The monoisotopic (exact) mass is 250 g/mol. The second-order valence-electron chi connectivity index (χ2n) is 2.59. The van der Waals surface area contributed by atoms with Crippen molar-refractivity contribution in [2.75, 3.05) is 13.7 Å². The molecule has 4 nitrogen and oxygen atoms in total. The predicted molar refractivity (Wildman–Crippen MR) is 38.8 cm³/mol. The van der Waals surface area contributed by atoms with Gasteiger partial charge in [-0.15, -0.1) is 0 Å². The Morgan fingerprint density at radius 2 is 1.81 bits per heavy atom. The Balaban J connectivity index is 4.43. The van der Waals surface area contributed by atoms with Gasteiger partial charge in [-0.2, -0.15) is 22.0 Å². The maximum atomic E-state index is 12.3. The van der Waals surface area contributed by atoms with Gasteiger partial charge in [0.05, 0.1) is 7.11 Å². The van der Waals surface area contributed by atoms with Crippen LogP contribution in [0.5, 0.6) is 0 Å². The SMILES string of the molecule is COC(=O)C(C=O)OCC(F)(F)C(F)(F)F. The van der Waals surface area contributed by atoms with Crippen molar-refractivity contribution in [3.63, 3.8) is 0 Å². The van der Waals surface area contributed by atoms with Crippen molar-refractivity contribution in [1.82, 2.24) is 0 Å². The van der Waals surface area contributed by atoms with Gasteiger partial charge in [0.1, 0.15) is 6.61 Å². The number of methoxy groups -OCH3 is 1. The molecule has 0 N–H and O–H groups in total. The highest BCUT2D eigenvalue weighted by molar-refractivity contribution is 5.90. The number of hydrogen-bond donors (Lipinski definition) is 0. The molecular formula is C7H7F5O4. The van der Waals surface area contributed by atoms with E-state index in [4.69, 9.17) is 0 Å². The first-order valence-corrected chi connectivity index (χ1v) is 3.75. The van der Waals surface area contributed by atoms with Crippen LogP contribution in [0.4, 0.5) is 22.0 Å². The van der Waals surface area contributed by atoms with Gasteiger partial charge in [-0.25, -0.2) is 4.79 Å². The van der Waals surface area contributed by atoms with Crippen molar-refractivity contribution in [3.05, 3.63) is 0 Å². The quantitative estimate of drug-likeness (QED) is 0.315. The Morgan fingerprint density at radius 1 is 1.31 bits per heavy atom. The summed E-state index contributed by atoms with van der Waals surface area (Å²) >= 11 is 0. The normalized spacial score (nSPS) is 14.4. The lowest BCUT2D eigenvalue weighted by atomic mass is 10.3. The number of hydrogen-bond acceptors (Lipinski definition) is 4. The Hall–Kier alpha value is -1.25. The molecule has 0 radical (unpaired) electrons. The van der Waals surface area contributed by atoms with Crippen molar-refractivity contribution < 1.29 is 41.0 Å². The molecule has 0 aromatic carbocycles. The summed E-state index contributed by atoms with van der Waals surface area (Å²) in [5.74, 6) is -6.49. The lowest BCUT2D eigenvalue weighted by molar-refractivity contribution is -0.298. The van der Waals surface area contributed by atoms with Gasteiger partial charge < -0.3 is 9.47 Å². The van der Waals surface area contributed by atoms with Gasteiger partial charge in [-0.3, -0.25) is 4.79 Å². The fraction of sp³-hybridized carbons (Fsp3) is 0.714. The van der Waals surface area contributed by atoms with E-state index < -0.39 is 30.8 Å². The minimum absolute atomic E-state index is 0.238. The molecule has 0 aliphatic heterocycles. The average molecular weight is 250 g/mol. The topological polar surface area (TPSA) is 52.6 Å². The first-order chi connectivity index (χ1) is 7.15. The molecule has 0 amide bonds. The first kappa shape index (κ1) is 14.8. The van der Waals surface area contributed by atoms with Crippen LogP contribution in [0.2, 0.25) is 0 Å². The summed E-state index contributed by atoms with van der Waals surface area (Å²) in [5, 5.41) is 0. The van der Waals surface area contributed by atoms with Crippen LogP contribution in [0.25, 0.3) is 0 Å². The lowest BCUT2D eigenvalue weighted by Gasteiger charge is -2.20. The van der Waals surface area contributed by atoms with Crippen LogP contribution in [0.3, 0.4) is 0 Å². The Kier molecular flexibility index (Phi) is 4.79. The van der Waals surface area contributed by atoms with Gasteiger partial charge in [-0.05, 0) is 0 Å². The molecule has 1 unspecified atom stereocenters. The number of aldehydes is 1. The number of rotatable bonds is 5. The van der Waals surface area contributed by atoms with Gasteiger partial charge >= 0.3 is 18.1 Å². The molecule has 0 rings (SSSR count). The molecular weight excluding hydrogens is 243 g/mol. The minimum atomic E-state index is -5.81. The van der Waals surface area contributed by atoms with Crippen LogP contribution >= 0.6 is 0 Å². The number of carbonyl (C=O) groups is 2. The summed E-state index contributed by atoms with van der Waals surface area (Å²) in [6.45, 7) is -2.13. The molecule has 0 saturated heterocycles. The third-order valence-corrected chi connectivity index (χ3v) is 1.42. The molecule has 16 heavy (non-hydrogen) atoms. The third-order valence-electron chi connectivity index (χ3n) is 1.42. The number of carbonyl (C=O) groups excluding carboxylic acids is 2. The number of halogens is 5. The molecule has 94 valence electrons. The molecule has 0 heterocycles. The van der Waals surface area contributed by atoms with Crippen molar-refractivity contribution in [1.29, 1.82) is 0 Å². The van der Waals surface area contributed by atoms with Crippen LogP contribution in [0.1, 0.15) is 0 Å². The highest BCUT2D eigenvalue weighted by atomic mass is 19.4. The first-order valence-electron chi connectivity index (χ1n) is 3.75. The maximum absolute atomic E-state index is 12.3. The molecule has 0 aliphatic carbocycles. The predicted octanol–water partition coefficient (Wildman–Crippen LogP) is 0.941. The van der Waals surface area contributed by atoms with E-state index in [0.29, 0.717) is 0 Å². The fourth-order valence-electron chi connectivity index (χ4n) is 0.555. The summed E-state index contributed by atoms with van der Waals surface area (Å²) in [4.78, 5) is 20.7. The van der Waals surface area contributed by atoms with E-state index in [1.54, 1.807) is 0 Å². The van der Waals surface area contributed by atoms with E-state index >= 15 is 0 Å². The van der Waals surface area contributed by atoms with E-state index in [2.05, 4.69) is 9.47 Å². The van der Waals surface area contributed by atoms with Crippen LogP contribution in [0.15, 0.2) is 0 Å². The maximum Gasteiger partial charge on any atom is 0.455 e. The van der Waals surface area contributed by atoms with E-state index in [-0.39, 0.29) is 6.29 Å². The number of alkyl halides is 5. The molecule has 9 heteroatoms. The van der Waals surface area contributed by atoms with E-state index in [1.807, 2.05) is 0 Å². The second kappa shape index (κ2) is 5.19. The molecule has 0 saturated carbocycles. The van der Waals surface area contributed by atoms with Gasteiger partial charge in [0.2, 0.25) is 6.10 Å². The number of esters is 1. The second-order valence-corrected chi connectivity index (χ2v) is 2.59. The van der Waals surface area contributed by atoms with Gasteiger partial charge in [0.25, 0.3) is 0 Å². The summed E-state index contributed by atoms with van der Waals surface area (Å²) in [5.41, 5.74) is 0. The molecule has 1 atom stereocenters. The smallest absolute Gasteiger partial charge is 0.455 e. The molecule has 0 bridgehead atoms. The van der Waals surface area contributed by atoms with Crippen molar-refractivity contribution in [3.8, 4) is 0 Å². The van der Waals surface area contributed by atoms with E-state index in [9.17, 15) is 31.5 Å². The summed E-state index contributed by atoms with van der Waals surface area (Å²) in [7, 11) is 0.824.